The van der Waals surface area contributed by atoms with Crippen LogP contribution in [0, 0.1) is 0 Å². The number of nitrogens with zero attached hydrogens (tertiary/aromatic N) is 3. The van der Waals surface area contributed by atoms with Crippen LogP contribution in [0.1, 0.15) is 68.1 Å². The molecule has 5 heteroatoms. The van der Waals surface area contributed by atoms with E-state index in [0.717, 1.165) is 38.2 Å². The van der Waals surface area contributed by atoms with Crippen LogP contribution in [0.3, 0.4) is 0 Å². The molecular formula is C17H27N3O2. The number of likely N-dealkylation sites (N-methyl/N-ethyl adjacent to an activating group) is 1. The summed E-state index contributed by atoms with van der Waals surface area (Å²) in [5, 5.41) is 4.03. The van der Waals surface area contributed by atoms with Crippen molar-refractivity contribution in [3.05, 3.63) is 17.5 Å². The molecule has 0 aromatic carbocycles. The smallest absolute Gasteiger partial charge is 0.276 e. The predicted octanol–water partition coefficient (Wildman–Crippen LogP) is 2.89. The number of aromatic nitrogens is 1. The van der Waals surface area contributed by atoms with Gasteiger partial charge < -0.3 is 14.3 Å². The van der Waals surface area contributed by atoms with Gasteiger partial charge in [-0.25, -0.2) is 0 Å². The molecule has 1 aliphatic heterocycles. The molecule has 1 spiro atoms. The van der Waals surface area contributed by atoms with Crippen molar-refractivity contribution in [3.8, 4) is 0 Å². The van der Waals surface area contributed by atoms with Gasteiger partial charge in [0.2, 0.25) is 0 Å². The van der Waals surface area contributed by atoms with Crippen LogP contribution in [0.5, 0.6) is 0 Å². The first-order valence-electron chi connectivity index (χ1n) is 8.49. The Morgan fingerprint density at radius 1 is 1.27 bits per heavy atom. The van der Waals surface area contributed by atoms with E-state index in [2.05, 4.69) is 22.0 Å². The van der Waals surface area contributed by atoms with E-state index in [4.69, 9.17) is 4.52 Å². The molecule has 1 amide bonds. The van der Waals surface area contributed by atoms with Crippen LogP contribution in [-0.4, -0.2) is 53.1 Å². The number of carbonyl (C=O) groups excluding carboxylic acids is 1. The van der Waals surface area contributed by atoms with Gasteiger partial charge in [-0.2, -0.15) is 0 Å². The van der Waals surface area contributed by atoms with Gasteiger partial charge in [0, 0.05) is 31.6 Å². The van der Waals surface area contributed by atoms with Crippen LogP contribution in [0.4, 0.5) is 0 Å². The van der Waals surface area contributed by atoms with Gasteiger partial charge in [0.15, 0.2) is 5.69 Å². The molecule has 2 aliphatic rings. The van der Waals surface area contributed by atoms with Crippen molar-refractivity contribution in [2.24, 2.45) is 0 Å². The Kier molecular flexibility index (Phi) is 4.26. The quantitative estimate of drug-likeness (QED) is 0.843. The Morgan fingerprint density at radius 3 is 2.64 bits per heavy atom. The second-order valence-electron chi connectivity index (χ2n) is 7.25. The van der Waals surface area contributed by atoms with E-state index >= 15 is 0 Å². The lowest BCUT2D eigenvalue weighted by Crippen LogP contribution is -2.63. The molecule has 1 aliphatic carbocycles. The summed E-state index contributed by atoms with van der Waals surface area (Å²) >= 11 is 0. The maximum Gasteiger partial charge on any atom is 0.276 e. The Morgan fingerprint density at radius 2 is 2.00 bits per heavy atom. The molecule has 22 heavy (non-hydrogen) atoms. The lowest BCUT2D eigenvalue weighted by Gasteiger charge is -2.52. The van der Waals surface area contributed by atoms with Gasteiger partial charge in [-0.1, -0.05) is 38.3 Å². The average molecular weight is 305 g/mol. The number of hydrogen-bond donors (Lipinski definition) is 0. The minimum Gasteiger partial charge on any atom is -0.360 e. The first-order valence-corrected chi connectivity index (χ1v) is 8.49. The van der Waals surface area contributed by atoms with Gasteiger partial charge in [0.25, 0.3) is 5.91 Å². The van der Waals surface area contributed by atoms with Crippen LogP contribution in [-0.2, 0) is 0 Å². The van der Waals surface area contributed by atoms with Gasteiger partial charge in [0.05, 0.1) is 5.54 Å². The minimum absolute atomic E-state index is 0.000717. The molecule has 1 saturated carbocycles. The molecule has 2 fully saturated rings. The van der Waals surface area contributed by atoms with Crippen molar-refractivity contribution in [1.82, 2.24) is 15.0 Å². The third-order valence-electron chi connectivity index (χ3n) is 5.19. The van der Waals surface area contributed by atoms with Gasteiger partial charge in [-0.05, 0) is 19.9 Å². The van der Waals surface area contributed by atoms with Gasteiger partial charge in [0.1, 0.15) is 5.76 Å². The molecule has 0 radical (unpaired) electrons. The van der Waals surface area contributed by atoms with Crippen molar-refractivity contribution >= 4 is 5.91 Å². The summed E-state index contributed by atoms with van der Waals surface area (Å²) in [6.45, 7) is 6.80. The maximum absolute atomic E-state index is 13.0. The molecule has 0 unspecified atom stereocenters. The Hall–Kier alpha value is -1.36. The van der Waals surface area contributed by atoms with Crippen molar-refractivity contribution in [3.63, 3.8) is 0 Å². The third kappa shape index (κ3) is 2.78. The largest absolute Gasteiger partial charge is 0.360 e. The lowest BCUT2D eigenvalue weighted by atomic mass is 9.78. The molecule has 5 nitrogen and oxygen atoms in total. The highest BCUT2D eigenvalue weighted by Crippen LogP contribution is 2.37. The summed E-state index contributed by atoms with van der Waals surface area (Å²) in [4.78, 5) is 17.5. The van der Waals surface area contributed by atoms with Crippen molar-refractivity contribution in [2.45, 2.75) is 57.4 Å². The number of hydrogen-bond acceptors (Lipinski definition) is 4. The van der Waals surface area contributed by atoms with Crippen LogP contribution < -0.4 is 0 Å². The van der Waals surface area contributed by atoms with Gasteiger partial charge in [-0.15, -0.1) is 0 Å². The first kappa shape index (κ1) is 15.5. The van der Waals surface area contributed by atoms with Crippen LogP contribution in [0.15, 0.2) is 10.6 Å². The fourth-order valence-electron chi connectivity index (χ4n) is 3.93. The predicted molar refractivity (Wildman–Crippen MR) is 84.9 cm³/mol. The monoisotopic (exact) mass is 305 g/mol. The summed E-state index contributed by atoms with van der Waals surface area (Å²) in [6, 6.07) is 1.82. The molecule has 0 N–H and O–H groups in total. The zero-order valence-electron chi connectivity index (χ0n) is 14.0. The molecule has 1 aromatic heterocycles. The van der Waals surface area contributed by atoms with Gasteiger partial charge in [-0.3, -0.25) is 4.79 Å². The average Bonchev–Trinajstić information content (AvgIpc) is 2.97. The highest BCUT2D eigenvalue weighted by molar-refractivity contribution is 5.93. The molecular weight excluding hydrogens is 278 g/mol. The topological polar surface area (TPSA) is 49.6 Å². The third-order valence-corrected chi connectivity index (χ3v) is 5.19. The molecule has 122 valence electrons. The molecule has 2 heterocycles. The minimum atomic E-state index is -0.000717. The summed E-state index contributed by atoms with van der Waals surface area (Å²) < 4.78 is 5.33. The molecule has 1 aromatic rings. The fraction of sp³-hybridized carbons (Fsp3) is 0.765. The van der Waals surface area contributed by atoms with E-state index in [0.29, 0.717) is 5.69 Å². The second kappa shape index (κ2) is 6.03. The zero-order chi connectivity index (χ0) is 15.7. The van der Waals surface area contributed by atoms with Crippen LogP contribution in [0.25, 0.3) is 0 Å². The number of carbonyl (C=O) groups is 1. The van der Waals surface area contributed by atoms with Crippen molar-refractivity contribution in [2.75, 3.05) is 26.7 Å². The van der Waals surface area contributed by atoms with Crippen LogP contribution in [0.2, 0.25) is 0 Å². The second-order valence-corrected chi connectivity index (χ2v) is 7.25. The van der Waals surface area contributed by atoms with E-state index in [1.54, 1.807) is 0 Å². The van der Waals surface area contributed by atoms with Crippen molar-refractivity contribution < 1.29 is 9.32 Å². The molecule has 0 bridgehead atoms. The molecule has 3 rings (SSSR count). The van der Waals surface area contributed by atoms with Crippen LogP contribution >= 0.6 is 0 Å². The molecule has 1 saturated heterocycles. The van der Waals surface area contributed by atoms with Gasteiger partial charge >= 0.3 is 0 Å². The molecule has 0 atom stereocenters. The summed E-state index contributed by atoms with van der Waals surface area (Å²) in [5.74, 6) is 1.09. The van der Waals surface area contributed by atoms with E-state index < -0.39 is 0 Å². The fourth-order valence-corrected chi connectivity index (χ4v) is 3.93. The Labute approximate surface area is 132 Å². The Bertz CT molecular complexity index is 532. The summed E-state index contributed by atoms with van der Waals surface area (Å²) in [6.07, 6.45) is 5.94. The normalized spacial score (nSPS) is 22.5. The van der Waals surface area contributed by atoms with E-state index in [-0.39, 0.29) is 17.4 Å². The summed E-state index contributed by atoms with van der Waals surface area (Å²) in [5.41, 5.74) is 0.470. The highest BCUT2D eigenvalue weighted by Gasteiger charge is 2.44. The van der Waals surface area contributed by atoms with E-state index in [9.17, 15) is 4.79 Å². The van der Waals surface area contributed by atoms with E-state index in [1.807, 2.05) is 19.9 Å². The van der Waals surface area contributed by atoms with Crippen molar-refractivity contribution in [1.29, 1.82) is 0 Å². The standard InChI is InChI=1S/C17H27N3O2/c1-13(2)15-11-14(18-22-15)16(21)20-10-9-19(3)12-17(20)7-5-4-6-8-17/h11,13H,4-10,12H2,1-3H3. The zero-order valence-corrected chi connectivity index (χ0v) is 14.0. The number of piperazine rings is 1. The first-order chi connectivity index (χ1) is 10.5. The SMILES string of the molecule is CC(C)c1cc(C(=O)N2CCN(C)CC23CCCCC3)no1. The summed E-state index contributed by atoms with van der Waals surface area (Å²) in [7, 11) is 2.16. The lowest BCUT2D eigenvalue weighted by molar-refractivity contribution is -0.00839. The number of rotatable bonds is 2. The number of amides is 1. The highest BCUT2D eigenvalue weighted by atomic mass is 16.5. The maximum atomic E-state index is 13.0. The Balaban J connectivity index is 1.85. The van der Waals surface area contributed by atoms with E-state index in [1.165, 1.54) is 19.3 Å².